The molecule has 0 heterocycles. The second-order valence-corrected chi connectivity index (χ2v) is 2.70. The maximum Gasteiger partial charge on any atom is 0.0250 e. The quantitative estimate of drug-likeness (QED) is 0.612. The molecule has 54 valence electrons. The number of hydrogen-bond acceptors (Lipinski definition) is 1. The van der Waals surface area contributed by atoms with E-state index in [0.717, 1.165) is 0 Å². The summed E-state index contributed by atoms with van der Waals surface area (Å²) in [5.74, 6) is 0.709. The molecule has 0 saturated heterocycles. The van der Waals surface area contributed by atoms with Gasteiger partial charge in [0, 0.05) is 6.04 Å². The average molecular weight is 127 g/mol. The van der Waals surface area contributed by atoms with E-state index in [1.807, 2.05) is 19.2 Å². The summed E-state index contributed by atoms with van der Waals surface area (Å²) in [6, 6.07) is 0.584. The van der Waals surface area contributed by atoms with Crippen LogP contribution in [-0.4, -0.2) is 6.04 Å². The summed E-state index contributed by atoms with van der Waals surface area (Å²) in [6.45, 7) is 8.62. The van der Waals surface area contributed by atoms with E-state index in [2.05, 4.69) is 26.1 Å². The SMILES string of the molecule is C/C=C/NC(C)C(C)C. The smallest absolute Gasteiger partial charge is 0.0250 e. The predicted molar refractivity (Wildman–Crippen MR) is 42.2 cm³/mol. The van der Waals surface area contributed by atoms with E-state index in [1.54, 1.807) is 0 Å². The minimum Gasteiger partial charge on any atom is -0.388 e. The maximum atomic E-state index is 3.25. The fraction of sp³-hybridized carbons (Fsp3) is 0.750. The molecule has 1 heteroatoms. The molecule has 1 N–H and O–H groups in total. The third-order valence-electron chi connectivity index (χ3n) is 1.53. The molecule has 0 amide bonds. The van der Waals surface area contributed by atoms with Gasteiger partial charge in [-0.2, -0.15) is 0 Å². The molecule has 0 aliphatic rings. The molecule has 0 aromatic carbocycles. The Labute approximate surface area is 58.2 Å². The van der Waals surface area contributed by atoms with Gasteiger partial charge in [0.05, 0.1) is 0 Å². The lowest BCUT2D eigenvalue weighted by Gasteiger charge is -2.14. The molecule has 0 aliphatic heterocycles. The van der Waals surface area contributed by atoms with E-state index >= 15 is 0 Å². The van der Waals surface area contributed by atoms with Gasteiger partial charge in [-0.05, 0) is 26.0 Å². The van der Waals surface area contributed by atoms with Crippen molar-refractivity contribution in [3.63, 3.8) is 0 Å². The van der Waals surface area contributed by atoms with Gasteiger partial charge in [0.2, 0.25) is 0 Å². The highest BCUT2D eigenvalue weighted by Crippen LogP contribution is 1.98. The molecule has 1 nitrogen and oxygen atoms in total. The van der Waals surface area contributed by atoms with E-state index in [1.165, 1.54) is 0 Å². The third kappa shape index (κ3) is 4.07. The monoisotopic (exact) mass is 127 g/mol. The molecular weight excluding hydrogens is 110 g/mol. The molecule has 0 spiro atoms. The van der Waals surface area contributed by atoms with Gasteiger partial charge in [-0.15, -0.1) is 0 Å². The molecule has 0 radical (unpaired) electrons. The Kier molecular flexibility index (Phi) is 4.20. The number of allylic oxidation sites excluding steroid dienone is 1. The first-order chi connectivity index (χ1) is 4.18. The van der Waals surface area contributed by atoms with Crippen LogP contribution in [0.3, 0.4) is 0 Å². The maximum absolute atomic E-state index is 3.25. The fourth-order valence-electron chi connectivity index (χ4n) is 0.440. The molecule has 1 unspecified atom stereocenters. The average Bonchev–Trinajstić information content (AvgIpc) is 1.82. The first kappa shape index (κ1) is 8.54. The summed E-state index contributed by atoms with van der Waals surface area (Å²) in [5.41, 5.74) is 0. The Morgan fingerprint density at radius 1 is 1.22 bits per heavy atom. The number of nitrogens with one attached hydrogen (secondary N) is 1. The van der Waals surface area contributed by atoms with Gasteiger partial charge in [0.25, 0.3) is 0 Å². The molecule has 0 bridgehead atoms. The Morgan fingerprint density at radius 2 is 1.78 bits per heavy atom. The van der Waals surface area contributed by atoms with Crippen molar-refractivity contribution >= 4 is 0 Å². The summed E-state index contributed by atoms with van der Waals surface area (Å²) in [5, 5.41) is 3.25. The van der Waals surface area contributed by atoms with E-state index < -0.39 is 0 Å². The van der Waals surface area contributed by atoms with Gasteiger partial charge >= 0.3 is 0 Å². The highest BCUT2D eigenvalue weighted by atomic mass is 14.9. The fourth-order valence-corrected chi connectivity index (χ4v) is 0.440. The molecule has 0 aromatic heterocycles. The molecule has 0 rings (SSSR count). The van der Waals surface area contributed by atoms with Gasteiger partial charge in [-0.3, -0.25) is 0 Å². The summed E-state index contributed by atoms with van der Waals surface area (Å²) < 4.78 is 0. The molecule has 0 fully saturated rings. The van der Waals surface area contributed by atoms with Crippen molar-refractivity contribution in [1.82, 2.24) is 5.32 Å². The van der Waals surface area contributed by atoms with Crippen LogP contribution in [0.1, 0.15) is 27.7 Å². The van der Waals surface area contributed by atoms with Crippen LogP contribution in [0.15, 0.2) is 12.3 Å². The molecule has 0 aliphatic carbocycles. The largest absolute Gasteiger partial charge is 0.388 e. The van der Waals surface area contributed by atoms with Crippen molar-refractivity contribution in [3.8, 4) is 0 Å². The lowest BCUT2D eigenvalue weighted by molar-refractivity contribution is 0.473. The summed E-state index contributed by atoms with van der Waals surface area (Å²) in [6.07, 6.45) is 4.00. The number of hydrogen-bond donors (Lipinski definition) is 1. The van der Waals surface area contributed by atoms with Crippen molar-refractivity contribution in [3.05, 3.63) is 12.3 Å². The van der Waals surface area contributed by atoms with E-state index in [4.69, 9.17) is 0 Å². The Morgan fingerprint density at radius 3 is 2.11 bits per heavy atom. The van der Waals surface area contributed by atoms with Gasteiger partial charge in [-0.25, -0.2) is 0 Å². The van der Waals surface area contributed by atoms with Crippen LogP contribution in [0.5, 0.6) is 0 Å². The first-order valence-electron chi connectivity index (χ1n) is 3.55. The Hall–Kier alpha value is -0.460. The zero-order chi connectivity index (χ0) is 7.28. The first-order valence-corrected chi connectivity index (χ1v) is 3.55. The third-order valence-corrected chi connectivity index (χ3v) is 1.53. The van der Waals surface area contributed by atoms with Crippen LogP contribution >= 0.6 is 0 Å². The van der Waals surface area contributed by atoms with Gasteiger partial charge < -0.3 is 5.32 Å². The van der Waals surface area contributed by atoms with E-state index in [-0.39, 0.29) is 0 Å². The standard InChI is InChI=1S/C8H17N/c1-5-6-9-8(4)7(2)3/h5-9H,1-4H3/b6-5+. The topological polar surface area (TPSA) is 12.0 Å². The highest BCUT2D eigenvalue weighted by Gasteiger charge is 2.01. The van der Waals surface area contributed by atoms with Crippen LogP contribution < -0.4 is 5.32 Å². The normalized spacial score (nSPS) is 14.8. The Balaban J connectivity index is 3.38. The Bertz CT molecular complexity index is 84.6. The predicted octanol–water partition coefficient (Wildman–Crippen LogP) is 2.15. The van der Waals surface area contributed by atoms with Crippen molar-refractivity contribution in [2.24, 2.45) is 5.92 Å². The minimum absolute atomic E-state index is 0.584. The van der Waals surface area contributed by atoms with Crippen LogP contribution in [0.2, 0.25) is 0 Å². The van der Waals surface area contributed by atoms with Crippen LogP contribution in [0.4, 0.5) is 0 Å². The van der Waals surface area contributed by atoms with Gasteiger partial charge in [-0.1, -0.05) is 19.9 Å². The van der Waals surface area contributed by atoms with Gasteiger partial charge in [0.15, 0.2) is 0 Å². The zero-order valence-corrected chi connectivity index (χ0v) is 6.81. The van der Waals surface area contributed by atoms with Crippen molar-refractivity contribution < 1.29 is 0 Å². The minimum atomic E-state index is 0.584. The lowest BCUT2D eigenvalue weighted by atomic mass is 10.1. The lowest BCUT2D eigenvalue weighted by Crippen LogP contribution is -2.25. The van der Waals surface area contributed by atoms with Crippen molar-refractivity contribution in [2.45, 2.75) is 33.7 Å². The van der Waals surface area contributed by atoms with E-state index in [9.17, 15) is 0 Å². The summed E-state index contributed by atoms with van der Waals surface area (Å²) in [4.78, 5) is 0. The van der Waals surface area contributed by atoms with Crippen LogP contribution in [0.25, 0.3) is 0 Å². The summed E-state index contributed by atoms with van der Waals surface area (Å²) in [7, 11) is 0. The zero-order valence-electron chi connectivity index (χ0n) is 6.81. The molecule has 1 atom stereocenters. The second kappa shape index (κ2) is 4.42. The second-order valence-electron chi connectivity index (χ2n) is 2.70. The molecule has 0 aromatic rings. The highest BCUT2D eigenvalue weighted by molar-refractivity contribution is 4.78. The number of rotatable bonds is 3. The van der Waals surface area contributed by atoms with Crippen molar-refractivity contribution in [2.75, 3.05) is 0 Å². The van der Waals surface area contributed by atoms with Crippen molar-refractivity contribution in [1.29, 1.82) is 0 Å². The van der Waals surface area contributed by atoms with E-state index in [0.29, 0.717) is 12.0 Å². The van der Waals surface area contributed by atoms with Gasteiger partial charge in [0.1, 0.15) is 0 Å². The summed E-state index contributed by atoms with van der Waals surface area (Å²) >= 11 is 0. The van der Waals surface area contributed by atoms with Crippen LogP contribution in [-0.2, 0) is 0 Å². The molecular formula is C8H17N. The molecule has 0 saturated carbocycles. The molecule has 9 heavy (non-hydrogen) atoms. The van der Waals surface area contributed by atoms with Crippen LogP contribution in [0, 0.1) is 5.92 Å².